The predicted octanol–water partition coefficient (Wildman–Crippen LogP) is 1.35. The summed E-state index contributed by atoms with van der Waals surface area (Å²) in [5.41, 5.74) is 4.20. The van der Waals surface area contributed by atoms with Gasteiger partial charge < -0.3 is 25.3 Å². The average molecular weight is 424 g/mol. The number of imidazole rings is 1. The molecule has 0 bridgehead atoms. The van der Waals surface area contributed by atoms with Crippen LogP contribution in [0.25, 0.3) is 11.2 Å². The first-order chi connectivity index (χ1) is 14.2. The number of aromatic nitrogens is 4. The minimum Gasteiger partial charge on any atom is -0.463 e. The molecule has 0 saturated carbocycles. The molecule has 0 aliphatic carbocycles. The van der Waals surface area contributed by atoms with Crippen LogP contribution < -0.4 is 11.1 Å². The number of nitrogens with one attached hydrogen (secondary N) is 1. The molecule has 3 heterocycles. The van der Waals surface area contributed by atoms with Gasteiger partial charge in [-0.1, -0.05) is 13.8 Å². The molecule has 2 aromatic rings. The van der Waals surface area contributed by atoms with Crippen LogP contribution in [-0.2, 0) is 23.8 Å². The van der Waals surface area contributed by atoms with E-state index in [-0.39, 0.29) is 31.0 Å². The summed E-state index contributed by atoms with van der Waals surface area (Å²) in [7, 11) is 1.64. The zero-order valence-corrected chi connectivity index (χ0v) is 17.2. The minimum atomic E-state index is -2.18. The SMILES string of the molecule is CCC(=O)OC[C@H]1OC(n2cnc3c(NC)nc(N)nc32)C(C)(F)C1OC(=O)CC. The van der Waals surface area contributed by atoms with Crippen molar-refractivity contribution >= 4 is 34.9 Å². The fourth-order valence-corrected chi connectivity index (χ4v) is 3.31. The zero-order valence-electron chi connectivity index (χ0n) is 17.2. The summed E-state index contributed by atoms with van der Waals surface area (Å²) < 4.78 is 33.7. The van der Waals surface area contributed by atoms with Crippen LogP contribution >= 0.6 is 0 Å². The van der Waals surface area contributed by atoms with Crippen LogP contribution in [0, 0.1) is 0 Å². The molecule has 11 nitrogen and oxygen atoms in total. The fraction of sp³-hybridized carbons (Fsp3) is 0.611. The summed E-state index contributed by atoms with van der Waals surface area (Å²) in [6.07, 6.45) is -2.03. The highest BCUT2D eigenvalue weighted by atomic mass is 19.1. The van der Waals surface area contributed by atoms with Crippen molar-refractivity contribution in [3.05, 3.63) is 6.33 Å². The zero-order chi connectivity index (χ0) is 22.1. The Morgan fingerprint density at radius 3 is 2.67 bits per heavy atom. The number of alkyl halides is 1. The number of hydrogen-bond acceptors (Lipinski definition) is 10. The van der Waals surface area contributed by atoms with Crippen LogP contribution in [0.2, 0.25) is 0 Å². The number of esters is 2. The highest BCUT2D eigenvalue weighted by Gasteiger charge is 2.58. The van der Waals surface area contributed by atoms with E-state index in [2.05, 4.69) is 20.3 Å². The van der Waals surface area contributed by atoms with E-state index >= 15 is 4.39 Å². The van der Waals surface area contributed by atoms with Crippen molar-refractivity contribution in [2.45, 2.75) is 57.7 Å². The molecule has 30 heavy (non-hydrogen) atoms. The maximum atomic E-state index is 16.0. The smallest absolute Gasteiger partial charge is 0.305 e. The Hall–Kier alpha value is -3.02. The van der Waals surface area contributed by atoms with E-state index in [4.69, 9.17) is 19.9 Å². The summed E-state index contributed by atoms with van der Waals surface area (Å²) in [5.74, 6) is -0.735. The van der Waals surface area contributed by atoms with Gasteiger partial charge in [-0.3, -0.25) is 14.2 Å². The van der Waals surface area contributed by atoms with Gasteiger partial charge in [0.15, 0.2) is 35.0 Å². The summed E-state index contributed by atoms with van der Waals surface area (Å²) in [6, 6.07) is 0. The molecule has 0 spiro atoms. The van der Waals surface area contributed by atoms with Crippen LogP contribution in [0.4, 0.5) is 16.2 Å². The van der Waals surface area contributed by atoms with Gasteiger partial charge in [0.1, 0.15) is 12.7 Å². The molecule has 1 fully saturated rings. The largest absolute Gasteiger partial charge is 0.463 e. The molecular formula is C18H25FN6O5. The predicted molar refractivity (Wildman–Crippen MR) is 104 cm³/mol. The van der Waals surface area contributed by atoms with Gasteiger partial charge in [-0.05, 0) is 6.92 Å². The number of anilines is 2. The van der Waals surface area contributed by atoms with Crippen LogP contribution in [0.1, 0.15) is 39.8 Å². The number of nitrogens with two attached hydrogens (primary N) is 1. The molecule has 12 heteroatoms. The Morgan fingerprint density at radius 2 is 2.03 bits per heavy atom. The van der Waals surface area contributed by atoms with Gasteiger partial charge in [0.2, 0.25) is 5.95 Å². The lowest BCUT2D eigenvalue weighted by molar-refractivity contribution is -0.161. The topological polar surface area (TPSA) is 143 Å². The number of ether oxygens (including phenoxy) is 3. The number of hydrogen-bond donors (Lipinski definition) is 2. The van der Waals surface area contributed by atoms with Crippen molar-refractivity contribution in [2.75, 3.05) is 24.7 Å². The highest BCUT2D eigenvalue weighted by Crippen LogP contribution is 2.44. The second kappa shape index (κ2) is 8.38. The first kappa shape index (κ1) is 21.7. The van der Waals surface area contributed by atoms with Gasteiger partial charge in [-0.15, -0.1) is 0 Å². The monoisotopic (exact) mass is 424 g/mol. The molecule has 1 saturated heterocycles. The van der Waals surface area contributed by atoms with E-state index in [0.717, 1.165) is 0 Å². The Kier molecular flexibility index (Phi) is 6.06. The van der Waals surface area contributed by atoms with E-state index in [9.17, 15) is 9.59 Å². The third-order valence-corrected chi connectivity index (χ3v) is 4.85. The van der Waals surface area contributed by atoms with Crippen molar-refractivity contribution < 1.29 is 28.2 Å². The van der Waals surface area contributed by atoms with Gasteiger partial charge >= 0.3 is 11.9 Å². The molecule has 3 rings (SSSR count). The molecule has 4 atom stereocenters. The van der Waals surface area contributed by atoms with Gasteiger partial charge in [0, 0.05) is 19.9 Å². The molecule has 3 N–H and O–H groups in total. The fourth-order valence-electron chi connectivity index (χ4n) is 3.31. The number of nitrogens with zero attached hydrogens (tertiary/aromatic N) is 4. The maximum absolute atomic E-state index is 16.0. The summed E-state index contributed by atoms with van der Waals surface area (Å²) in [6.45, 7) is 4.22. The van der Waals surface area contributed by atoms with Gasteiger partial charge in [-0.2, -0.15) is 9.97 Å². The summed E-state index contributed by atoms with van der Waals surface area (Å²) >= 11 is 0. The van der Waals surface area contributed by atoms with E-state index in [1.54, 1.807) is 20.9 Å². The molecule has 2 aromatic heterocycles. The molecule has 3 unspecified atom stereocenters. The molecule has 1 aliphatic rings. The second-order valence-corrected chi connectivity index (χ2v) is 6.98. The van der Waals surface area contributed by atoms with Gasteiger partial charge in [-0.25, -0.2) is 9.37 Å². The van der Waals surface area contributed by atoms with Crippen LogP contribution in [-0.4, -0.2) is 63.0 Å². The average Bonchev–Trinajstić information content (AvgIpc) is 3.23. The first-order valence-electron chi connectivity index (χ1n) is 9.60. The van der Waals surface area contributed by atoms with Crippen molar-refractivity contribution in [2.24, 2.45) is 0 Å². The van der Waals surface area contributed by atoms with Crippen molar-refractivity contribution in [3.63, 3.8) is 0 Å². The lowest BCUT2D eigenvalue weighted by Crippen LogP contribution is -2.44. The Balaban J connectivity index is 2.00. The molecule has 0 radical (unpaired) electrons. The Morgan fingerprint density at radius 1 is 1.33 bits per heavy atom. The standard InChI is InChI=1S/C18H25FN6O5/c1-5-10(26)28-7-9-13(30-11(27)6-2)18(3,19)16(29-9)25-8-22-12-14(21-4)23-17(20)24-15(12)25/h8-9,13,16H,5-7H2,1-4H3,(H3,20,21,23,24)/t9-,13?,16?,18?/m1/s1. The van der Waals surface area contributed by atoms with Crippen LogP contribution in [0.5, 0.6) is 0 Å². The maximum Gasteiger partial charge on any atom is 0.305 e. The minimum absolute atomic E-state index is 0.0328. The van der Waals surface area contributed by atoms with E-state index in [1.807, 2.05) is 0 Å². The third kappa shape index (κ3) is 3.86. The quantitative estimate of drug-likeness (QED) is 0.625. The number of nitrogen functional groups attached to an aromatic ring is 1. The molecule has 0 amide bonds. The number of fused-ring (bicyclic) bond motifs is 1. The third-order valence-electron chi connectivity index (χ3n) is 4.85. The second-order valence-electron chi connectivity index (χ2n) is 6.98. The normalized spacial score (nSPS) is 26.0. The van der Waals surface area contributed by atoms with E-state index in [0.29, 0.717) is 11.3 Å². The molecule has 1 aliphatic heterocycles. The van der Waals surface area contributed by atoms with Gasteiger partial charge in [0.25, 0.3) is 0 Å². The highest BCUT2D eigenvalue weighted by molar-refractivity contribution is 5.84. The van der Waals surface area contributed by atoms with Crippen LogP contribution in [0.3, 0.4) is 0 Å². The Bertz CT molecular complexity index is 949. The molecular weight excluding hydrogens is 399 g/mol. The van der Waals surface area contributed by atoms with Crippen molar-refractivity contribution in [3.8, 4) is 0 Å². The number of carbonyl (C=O) groups excluding carboxylic acids is 2. The van der Waals surface area contributed by atoms with Gasteiger partial charge in [0.05, 0.1) is 6.33 Å². The molecule has 164 valence electrons. The Labute approximate surface area is 172 Å². The van der Waals surface area contributed by atoms with Crippen molar-refractivity contribution in [1.82, 2.24) is 19.5 Å². The lowest BCUT2D eigenvalue weighted by atomic mass is 9.98. The van der Waals surface area contributed by atoms with E-state index < -0.39 is 36.0 Å². The lowest BCUT2D eigenvalue weighted by Gasteiger charge is -2.27. The number of halogens is 1. The van der Waals surface area contributed by atoms with Crippen LogP contribution in [0.15, 0.2) is 6.33 Å². The van der Waals surface area contributed by atoms with E-state index in [1.165, 1.54) is 17.8 Å². The number of carbonyl (C=O) groups is 2. The number of rotatable bonds is 7. The van der Waals surface area contributed by atoms with Crippen molar-refractivity contribution in [1.29, 1.82) is 0 Å². The summed E-state index contributed by atoms with van der Waals surface area (Å²) in [5, 5.41) is 2.86. The molecule has 0 aromatic carbocycles. The summed E-state index contributed by atoms with van der Waals surface area (Å²) in [4.78, 5) is 35.9. The first-order valence-corrected chi connectivity index (χ1v) is 9.60.